The summed E-state index contributed by atoms with van der Waals surface area (Å²) < 4.78 is 7.90. The largest absolute Gasteiger partial charge is 0.365 e. The number of carbonyl (C=O) groups excluding carboxylic acids is 2. The molecule has 42 heavy (non-hydrogen) atoms. The molecule has 6 rings (SSSR count). The standard InChI is InChI=1S/C28H19ClN8O4S/c29-25-5-4-18(42-25)14-33-26-13-21(34-37(26)28(40)20-6-10-41-35-20)23-11-17(19-3-1-2-7-31-19)12-27(39)36(23)16-24(38)22-15-30-8-9-32-22/h1-13,15,33H,14,16H2. The number of hydrogen-bond donors (Lipinski definition) is 1. The fraction of sp³-hybridized carbons (Fsp3) is 0.0714. The number of aromatic nitrogens is 7. The lowest BCUT2D eigenvalue weighted by atomic mass is 10.1. The minimum Gasteiger partial charge on any atom is -0.365 e. The van der Waals surface area contributed by atoms with Crippen LogP contribution in [-0.2, 0) is 13.1 Å². The van der Waals surface area contributed by atoms with Crippen molar-refractivity contribution in [2.45, 2.75) is 13.1 Å². The fourth-order valence-corrected chi connectivity index (χ4v) is 5.19. The summed E-state index contributed by atoms with van der Waals surface area (Å²) in [5.74, 6) is -0.666. The zero-order valence-electron chi connectivity index (χ0n) is 21.5. The Bertz CT molecular complexity index is 1940. The van der Waals surface area contributed by atoms with E-state index in [-0.39, 0.29) is 29.3 Å². The summed E-state index contributed by atoms with van der Waals surface area (Å²) in [6.45, 7) is 0.0104. The second kappa shape index (κ2) is 11.7. The molecule has 0 spiro atoms. The Morgan fingerprint density at radius 2 is 1.88 bits per heavy atom. The molecule has 14 heteroatoms. The summed E-state index contributed by atoms with van der Waals surface area (Å²) in [4.78, 5) is 53.3. The summed E-state index contributed by atoms with van der Waals surface area (Å²) in [5.41, 5.74) is 1.27. The molecule has 0 amide bonds. The summed E-state index contributed by atoms with van der Waals surface area (Å²) in [5, 5.41) is 11.5. The summed E-state index contributed by atoms with van der Waals surface area (Å²) in [6.07, 6.45) is 7.08. The number of rotatable bonds is 9. The molecule has 12 nitrogen and oxygen atoms in total. The van der Waals surface area contributed by atoms with Gasteiger partial charge in [-0.25, -0.2) is 4.98 Å². The van der Waals surface area contributed by atoms with Gasteiger partial charge in [0, 0.05) is 47.2 Å². The lowest BCUT2D eigenvalue weighted by molar-refractivity contribution is 0.0936. The maximum atomic E-state index is 13.5. The van der Waals surface area contributed by atoms with Crippen molar-refractivity contribution in [2.24, 2.45) is 0 Å². The number of Topliss-reactive ketones (excluding diaryl/α,β-unsaturated/α-hetero) is 1. The maximum Gasteiger partial charge on any atom is 0.302 e. The van der Waals surface area contributed by atoms with Gasteiger partial charge in [0.15, 0.2) is 5.69 Å². The molecular formula is C28H19ClN8O4S. The van der Waals surface area contributed by atoms with Crippen LogP contribution in [0.3, 0.4) is 0 Å². The fourth-order valence-electron chi connectivity index (χ4n) is 4.16. The van der Waals surface area contributed by atoms with E-state index in [1.54, 1.807) is 42.6 Å². The minimum absolute atomic E-state index is 0.0318. The number of nitrogens with zero attached hydrogens (tertiary/aromatic N) is 7. The highest BCUT2D eigenvalue weighted by Gasteiger charge is 2.23. The van der Waals surface area contributed by atoms with E-state index in [9.17, 15) is 14.4 Å². The Morgan fingerprint density at radius 1 is 0.976 bits per heavy atom. The molecule has 0 aromatic carbocycles. The van der Waals surface area contributed by atoms with Crippen LogP contribution < -0.4 is 10.9 Å². The lowest BCUT2D eigenvalue weighted by Gasteiger charge is -2.12. The van der Waals surface area contributed by atoms with Crippen LogP contribution in [-0.4, -0.2) is 46.1 Å². The number of nitrogens with one attached hydrogen (secondary N) is 1. The quantitative estimate of drug-likeness (QED) is 0.236. The topological polar surface area (TPSA) is 151 Å². The predicted molar refractivity (Wildman–Crippen MR) is 154 cm³/mol. The number of thiophene rings is 1. The normalized spacial score (nSPS) is 11.0. The number of pyridine rings is 2. The van der Waals surface area contributed by atoms with E-state index in [1.165, 1.54) is 52.9 Å². The zero-order valence-corrected chi connectivity index (χ0v) is 23.1. The van der Waals surface area contributed by atoms with Crippen molar-refractivity contribution >= 4 is 40.4 Å². The van der Waals surface area contributed by atoms with Crippen molar-refractivity contribution in [2.75, 3.05) is 5.32 Å². The number of ketones is 1. The van der Waals surface area contributed by atoms with E-state index in [0.717, 1.165) is 9.56 Å². The highest BCUT2D eigenvalue weighted by atomic mass is 35.5. The van der Waals surface area contributed by atoms with Gasteiger partial charge in [-0.15, -0.1) is 11.3 Å². The van der Waals surface area contributed by atoms with Gasteiger partial charge in [-0.05, 0) is 30.3 Å². The number of halogens is 1. The SMILES string of the molecule is O=C(Cn1c(-c2cc(NCc3ccc(Cl)s3)n(C(=O)c3ccon3)n2)cc(-c2ccccn2)cc1=O)c1cnccn1. The van der Waals surface area contributed by atoms with E-state index >= 15 is 0 Å². The Labute approximate surface area is 246 Å². The smallest absolute Gasteiger partial charge is 0.302 e. The summed E-state index contributed by atoms with van der Waals surface area (Å²) in [7, 11) is 0. The van der Waals surface area contributed by atoms with Crippen LogP contribution in [0, 0.1) is 0 Å². The Morgan fingerprint density at radius 3 is 2.60 bits per heavy atom. The van der Waals surface area contributed by atoms with Crippen LogP contribution in [0.25, 0.3) is 22.6 Å². The Hall–Kier alpha value is -5.27. The first kappa shape index (κ1) is 26.9. The highest BCUT2D eigenvalue weighted by molar-refractivity contribution is 7.16. The molecule has 0 atom stereocenters. The lowest BCUT2D eigenvalue weighted by Crippen LogP contribution is -2.26. The first-order valence-corrected chi connectivity index (χ1v) is 13.6. The number of anilines is 1. The van der Waals surface area contributed by atoms with Crippen LogP contribution in [0.5, 0.6) is 0 Å². The van der Waals surface area contributed by atoms with Gasteiger partial charge >= 0.3 is 5.91 Å². The first-order chi connectivity index (χ1) is 20.5. The molecule has 0 unspecified atom stereocenters. The van der Waals surface area contributed by atoms with E-state index in [0.29, 0.717) is 28.0 Å². The number of hydrogen-bond acceptors (Lipinski definition) is 11. The van der Waals surface area contributed by atoms with Gasteiger partial charge < -0.3 is 9.84 Å². The van der Waals surface area contributed by atoms with Gasteiger partial charge in [0.05, 0.1) is 35.0 Å². The van der Waals surface area contributed by atoms with Crippen molar-refractivity contribution in [3.8, 4) is 22.6 Å². The molecule has 0 bridgehead atoms. The van der Waals surface area contributed by atoms with Gasteiger partial charge in [-0.2, -0.15) is 9.78 Å². The average molecular weight is 599 g/mol. The monoisotopic (exact) mass is 598 g/mol. The molecule has 0 fully saturated rings. The third-order valence-electron chi connectivity index (χ3n) is 6.13. The van der Waals surface area contributed by atoms with Gasteiger partial charge in [0.25, 0.3) is 5.56 Å². The molecule has 1 N–H and O–H groups in total. The molecule has 6 aromatic heterocycles. The highest BCUT2D eigenvalue weighted by Crippen LogP contribution is 2.28. The molecule has 0 radical (unpaired) electrons. The van der Waals surface area contributed by atoms with Crippen LogP contribution in [0.4, 0.5) is 5.82 Å². The van der Waals surface area contributed by atoms with Gasteiger partial charge in [-0.3, -0.25) is 28.9 Å². The maximum absolute atomic E-state index is 13.5. The van der Waals surface area contributed by atoms with E-state index in [4.69, 9.17) is 16.1 Å². The molecule has 0 aliphatic carbocycles. The zero-order chi connectivity index (χ0) is 29.1. The van der Waals surface area contributed by atoms with Crippen LogP contribution in [0.1, 0.15) is 25.9 Å². The molecule has 0 aliphatic heterocycles. The minimum atomic E-state index is -0.563. The van der Waals surface area contributed by atoms with E-state index in [2.05, 4.69) is 30.5 Å². The third-order valence-corrected chi connectivity index (χ3v) is 7.36. The molecule has 0 aliphatic rings. The second-order valence-corrected chi connectivity index (χ2v) is 10.7. The Kier molecular flexibility index (Phi) is 7.49. The van der Waals surface area contributed by atoms with Crippen LogP contribution in [0.2, 0.25) is 4.34 Å². The van der Waals surface area contributed by atoms with Crippen molar-refractivity contribution in [3.63, 3.8) is 0 Å². The van der Waals surface area contributed by atoms with Gasteiger partial charge in [0.1, 0.15) is 23.5 Å². The first-order valence-electron chi connectivity index (χ1n) is 12.5. The van der Waals surface area contributed by atoms with Gasteiger partial charge in [0.2, 0.25) is 5.78 Å². The second-order valence-electron chi connectivity index (χ2n) is 8.86. The van der Waals surface area contributed by atoms with Crippen molar-refractivity contribution in [3.05, 3.63) is 117 Å². The number of carbonyl (C=O) groups is 2. The molecule has 6 heterocycles. The van der Waals surface area contributed by atoms with E-state index < -0.39 is 17.2 Å². The van der Waals surface area contributed by atoms with Crippen molar-refractivity contribution in [1.82, 2.24) is 34.5 Å². The van der Waals surface area contributed by atoms with Crippen molar-refractivity contribution in [1.29, 1.82) is 0 Å². The summed E-state index contributed by atoms with van der Waals surface area (Å²) in [6, 6.07) is 15.1. The molecule has 0 saturated heterocycles. The predicted octanol–water partition coefficient (Wildman–Crippen LogP) is 4.45. The molecule has 0 saturated carbocycles. The van der Waals surface area contributed by atoms with Gasteiger partial charge in [-0.1, -0.05) is 22.8 Å². The molecule has 6 aromatic rings. The third kappa shape index (κ3) is 5.64. The average Bonchev–Trinajstić information content (AvgIpc) is 3.79. The van der Waals surface area contributed by atoms with Crippen molar-refractivity contribution < 1.29 is 14.1 Å². The van der Waals surface area contributed by atoms with Crippen LogP contribution in [0.15, 0.2) is 95.0 Å². The summed E-state index contributed by atoms with van der Waals surface area (Å²) >= 11 is 7.48. The molecular weight excluding hydrogens is 580 g/mol. The van der Waals surface area contributed by atoms with E-state index in [1.807, 2.05) is 6.07 Å². The molecule has 208 valence electrons. The van der Waals surface area contributed by atoms with Crippen LogP contribution >= 0.6 is 22.9 Å². The Balaban J connectivity index is 1.47.